The number of Topliss-reactive ketones (excluding diaryl/α,β-unsaturated/α-hetero) is 1. The largest absolute Gasteiger partial charge is 0.383 e. The first-order valence-corrected chi connectivity index (χ1v) is 5.19. The number of ketones is 1. The Labute approximate surface area is 93.5 Å². The molecule has 0 spiro atoms. The number of carbonyl (C=O) groups excluding carboxylic acids is 2. The van der Waals surface area contributed by atoms with Crippen LogP contribution >= 0.6 is 0 Å². The van der Waals surface area contributed by atoms with Crippen molar-refractivity contribution >= 4 is 17.4 Å². The minimum atomic E-state index is -0.0680. The third kappa shape index (κ3) is 2.56. The highest BCUT2D eigenvalue weighted by molar-refractivity contribution is 6.05. The number of hydrogen-bond donors (Lipinski definition) is 1. The number of pyridine rings is 1. The molecule has 1 fully saturated rings. The van der Waals surface area contributed by atoms with Crippen molar-refractivity contribution in [2.24, 2.45) is 0 Å². The lowest BCUT2D eigenvalue weighted by Crippen LogP contribution is -2.30. The molecule has 1 N–H and O–H groups in total. The summed E-state index contributed by atoms with van der Waals surface area (Å²) in [5.41, 5.74) is 0.966. The summed E-state index contributed by atoms with van der Waals surface area (Å²) in [5, 5.41) is 3.16. The number of carbonyl (C=O) groups is 2. The quantitative estimate of drug-likeness (QED) is 0.739. The van der Waals surface area contributed by atoms with Crippen LogP contribution in [0.25, 0.3) is 0 Å². The van der Waals surface area contributed by atoms with Gasteiger partial charge in [-0.15, -0.1) is 0 Å². The number of nitrogens with one attached hydrogen (secondary N) is 1. The first-order chi connectivity index (χ1) is 7.75. The molecule has 0 atom stereocenters. The van der Waals surface area contributed by atoms with Gasteiger partial charge in [0.05, 0.1) is 13.0 Å². The number of hydrogen-bond acceptors (Lipinski definition) is 4. The summed E-state index contributed by atoms with van der Waals surface area (Å²) in [4.78, 5) is 27.8. The zero-order chi connectivity index (χ0) is 11.4. The van der Waals surface area contributed by atoms with Crippen molar-refractivity contribution in [1.82, 2.24) is 9.88 Å². The average Bonchev–Trinajstić information content (AvgIpc) is 2.59. The Bertz CT molecular complexity index is 391. The second kappa shape index (κ2) is 4.74. The normalized spacial score (nSPS) is 15.6. The van der Waals surface area contributed by atoms with Crippen molar-refractivity contribution in [3.05, 3.63) is 24.5 Å². The molecule has 2 heterocycles. The highest BCUT2D eigenvalue weighted by Crippen LogP contribution is 2.07. The van der Waals surface area contributed by atoms with Crippen LogP contribution in [-0.4, -0.2) is 41.2 Å². The van der Waals surface area contributed by atoms with Crippen LogP contribution in [0.5, 0.6) is 0 Å². The smallest absolute Gasteiger partial charge is 0.230 e. The summed E-state index contributed by atoms with van der Waals surface area (Å²) in [6, 6.07) is 3.72. The molecule has 1 saturated heterocycles. The summed E-state index contributed by atoms with van der Waals surface area (Å²) >= 11 is 0. The van der Waals surface area contributed by atoms with E-state index < -0.39 is 0 Å². The van der Waals surface area contributed by atoms with Crippen LogP contribution in [0.3, 0.4) is 0 Å². The fraction of sp³-hybridized carbons (Fsp3) is 0.364. The molecule has 84 valence electrons. The Morgan fingerprint density at radius 2 is 2.06 bits per heavy atom. The molecule has 1 amide bonds. The lowest BCUT2D eigenvalue weighted by atomic mass is 10.3. The van der Waals surface area contributed by atoms with E-state index in [-0.39, 0.29) is 24.7 Å². The SMILES string of the molecule is O=C1CC(=O)N(CCNc2ccncc2)C1. The summed E-state index contributed by atoms with van der Waals surface area (Å²) in [6.07, 6.45) is 3.47. The van der Waals surface area contributed by atoms with E-state index in [2.05, 4.69) is 10.3 Å². The van der Waals surface area contributed by atoms with Crippen molar-refractivity contribution < 1.29 is 9.59 Å². The first-order valence-electron chi connectivity index (χ1n) is 5.19. The molecule has 1 aromatic heterocycles. The van der Waals surface area contributed by atoms with Crippen molar-refractivity contribution in [2.75, 3.05) is 25.0 Å². The molecule has 0 radical (unpaired) electrons. The summed E-state index contributed by atoms with van der Waals surface area (Å²) in [7, 11) is 0. The molecule has 0 unspecified atom stereocenters. The number of amides is 1. The van der Waals surface area contributed by atoms with Crippen molar-refractivity contribution in [3.8, 4) is 0 Å². The topological polar surface area (TPSA) is 62.3 Å². The van der Waals surface area contributed by atoms with Gasteiger partial charge in [0.1, 0.15) is 0 Å². The Hall–Kier alpha value is -1.91. The summed E-state index contributed by atoms with van der Waals surface area (Å²) in [5.74, 6) is -0.0598. The molecule has 1 aromatic rings. The fourth-order valence-corrected chi connectivity index (χ4v) is 1.65. The maximum atomic E-state index is 11.3. The third-order valence-corrected chi connectivity index (χ3v) is 2.46. The highest BCUT2D eigenvalue weighted by Gasteiger charge is 2.26. The molecule has 5 nitrogen and oxygen atoms in total. The van der Waals surface area contributed by atoms with Crippen LogP contribution in [0.2, 0.25) is 0 Å². The number of likely N-dealkylation sites (tertiary alicyclic amines) is 1. The fourth-order valence-electron chi connectivity index (χ4n) is 1.65. The monoisotopic (exact) mass is 219 g/mol. The van der Waals surface area contributed by atoms with E-state index in [0.29, 0.717) is 13.1 Å². The number of aromatic nitrogens is 1. The van der Waals surface area contributed by atoms with E-state index in [1.165, 1.54) is 0 Å². The van der Waals surface area contributed by atoms with Gasteiger partial charge >= 0.3 is 0 Å². The minimum Gasteiger partial charge on any atom is -0.383 e. The van der Waals surface area contributed by atoms with Gasteiger partial charge in [0.2, 0.25) is 5.91 Å². The van der Waals surface area contributed by atoms with Crippen LogP contribution in [0.1, 0.15) is 6.42 Å². The molecule has 0 bridgehead atoms. The van der Waals surface area contributed by atoms with Gasteiger partial charge in [-0.3, -0.25) is 14.6 Å². The zero-order valence-corrected chi connectivity index (χ0v) is 8.85. The standard InChI is InChI=1S/C11H13N3O2/c15-10-7-11(16)14(8-10)6-5-13-9-1-3-12-4-2-9/h1-4H,5-8H2,(H,12,13). The van der Waals surface area contributed by atoms with Crippen molar-refractivity contribution in [2.45, 2.75) is 6.42 Å². The molecule has 16 heavy (non-hydrogen) atoms. The molecule has 0 saturated carbocycles. The molecule has 0 aliphatic carbocycles. The molecule has 5 heteroatoms. The Kier molecular flexibility index (Phi) is 3.14. The molecule has 1 aliphatic heterocycles. The molecular formula is C11H13N3O2. The molecule has 2 rings (SSSR count). The number of anilines is 1. The van der Waals surface area contributed by atoms with E-state index in [9.17, 15) is 9.59 Å². The van der Waals surface area contributed by atoms with Gasteiger partial charge < -0.3 is 10.2 Å². The van der Waals surface area contributed by atoms with Crippen LogP contribution in [0, 0.1) is 0 Å². The van der Waals surface area contributed by atoms with E-state index in [4.69, 9.17) is 0 Å². The summed E-state index contributed by atoms with van der Waals surface area (Å²) < 4.78 is 0. The average molecular weight is 219 g/mol. The lowest BCUT2D eigenvalue weighted by Gasteiger charge is -2.15. The molecular weight excluding hydrogens is 206 g/mol. The van der Waals surface area contributed by atoms with Crippen molar-refractivity contribution in [3.63, 3.8) is 0 Å². The Morgan fingerprint density at radius 1 is 1.31 bits per heavy atom. The van der Waals surface area contributed by atoms with E-state index in [0.717, 1.165) is 5.69 Å². The van der Waals surface area contributed by atoms with Gasteiger partial charge in [-0.25, -0.2) is 0 Å². The van der Waals surface area contributed by atoms with Gasteiger partial charge in [-0.05, 0) is 12.1 Å². The van der Waals surface area contributed by atoms with Gasteiger partial charge in [0, 0.05) is 31.2 Å². The maximum Gasteiger partial charge on any atom is 0.230 e. The van der Waals surface area contributed by atoms with E-state index in [1.54, 1.807) is 17.3 Å². The number of nitrogens with zero attached hydrogens (tertiary/aromatic N) is 2. The highest BCUT2D eigenvalue weighted by atomic mass is 16.2. The number of rotatable bonds is 4. The Morgan fingerprint density at radius 3 is 2.69 bits per heavy atom. The third-order valence-electron chi connectivity index (χ3n) is 2.46. The summed E-state index contributed by atoms with van der Waals surface area (Å²) in [6.45, 7) is 1.47. The first kappa shape index (κ1) is 10.6. The zero-order valence-electron chi connectivity index (χ0n) is 8.85. The Balaban J connectivity index is 1.76. The minimum absolute atomic E-state index is 0.00825. The van der Waals surface area contributed by atoms with Gasteiger partial charge in [0.15, 0.2) is 5.78 Å². The lowest BCUT2D eigenvalue weighted by molar-refractivity contribution is -0.127. The second-order valence-corrected chi connectivity index (χ2v) is 3.69. The predicted molar refractivity (Wildman–Crippen MR) is 58.9 cm³/mol. The van der Waals surface area contributed by atoms with Crippen LogP contribution in [0.4, 0.5) is 5.69 Å². The molecule has 0 aromatic carbocycles. The maximum absolute atomic E-state index is 11.3. The van der Waals surface area contributed by atoms with Gasteiger partial charge in [-0.1, -0.05) is 0 Å². The molecule has 1 aliphatic rings. The van der Waals surface area contributed by atoms with E-state index in [1.807, 2.05) is 12.1 Å². The van der Waals surface area contributed by atoms with Crippen LogP contribution < -0.4 is 5.32 Å². The second-order valence-electron chi connectivity index (χ2n) is 3.69. The van der Waals surface area contributed by atoms with Gasteiger partial charge in [-0.2, -0.15) is 0 Å². The van der Waals surface area contributed by atoms with E-state index >= 15 is 0 Å². The van der Waals surface area contributed by atoms with Crippen LogP contribution in [-0.2, 0) is 9.59 Å². The van der Waals surface area contributed by atoms with Crippen LogP contribution in [0.15, 0.2) is 24.5 Å². The van der Waals surface area contributed by atoms with Gasteiger partial charge in [0.25, 0.3) is 0 Å². The van der Waals surface area contributed by atoms with Crippen molar-refractivity contribution in [1.29, 1.82) is 0 Å². The predicted octanol–water partition coefficient (Wildman–Crippen LogP) is 0.295.